The van der Waals surface area contributed by atoms with E-state index in [1.807, 2.05) is 24.3 Å². The molecule has 1 saturated heterocycles. The third-order valence-corrected chi connectivity index (χ3v) is 2.16. The largest absolute Gasteiger partial charge is 0.346 e. The predicted octanol–water partition coefficient (Wildman–Crippen LogP) is 1.21. The van der Waals surface area contributed by atoms with E-state index in [4.69, 9.17) is 14.7 Å². The molecule has 0 radical (unpaired) electrons. The molecule has 1 aliphatic heterocycles. The lowest BCUT2D eigenvalue weighted by Gasteiger charge is -2.09. The van der Waals surface area contributed by atoms with Gasteiger partial charge < -0.3 is 14.7 Å². The summed E-state index contributed by atoms with van der Waals surface area (Å²) in [5.74, 6) is 0. The Bertz CT molecular complexity index is 280. The van der Waals surface area contributed by atoms with Gasteiger partial charge in [0.2, 0.25) is 0 Å². The molecule has 2 N–H and O–H groups in total. The van der Waals surface area contributed by atoms with Crippen LogP contribution in [0.25, 0.3) is 0 Å². The summed E-state index contributed by atoms with van der Waals surface area (Å²) in [5.41, 5.74) is 4.15. The van der Waals surface area contributed by atoms with Gasteiger partial charge in [0.1, 0.15) is 0 Å². The molecule has 14 heavy (non-hydrogen) atoms. The Morgan fingerprint density at radius 2 is 1.86 bits per heavy atom. The molecule has 0 spiro atoms. The van der Waals surface area contributed by atoms with Crippen LogP contribution in [0.4, 0.5) is 0 Å². The Labute approximate surface area is 82.4 Å². The molecule has 4 heteroatoms. The highest BCUT2D eigenvalue weighted by Gasteiger charge is 2.17. The Hall–Kier alpha value is -0.940. The van der Waals surface area contributed by atoms with Crippen molar-refractivity contribution < 1.29 is 14.7 Å². The zero-order valence-electron chi connectivity index (χ0n) is 7.77. The second-order valence-corrected chi connectivity index (χ2v) is 3.15. The summed E-state index contributed by atoms with van der Waals surface area (Å²) in [6.45, 7) is 1.77. The third kappa shape index (κ3) is 2.10. The van der Waals surface area contributed by atoms with Crippen LogP contribution in [0, 0.1) is 0 Å². The van der Waals surface area contributed by atoms with Gasteiger partial charge in [-0.25, -0.2) is 5.48 Å². The molecule has 0 saturated carbocycles. The Morgan fingerprint density at radius 1 is 1.21 bits per heavy atom. The van der Waals surface area contributed by atoms with Gasteiger partial charge in [0, 0.05) is 12.1 Å². The number of hydrogen-bond donors (Lipinski definition) is 2. The predicted molar refractivity (Wildman–Crippen MR) is 49.7 cm³/mol. The Balaban J connectivity index is 2.05. The minimum absolute atomic E-state index is 0.217. The maximum atomic E-state index is 8.50. The molecule has 0 aromatic heterocycles. The molecule has 0 atom stereocenters. The first-order valence-corrected chi connectivity index (χ1v) is 4.59. The summed E-state index contributed by atoms with van der Waals surface area (Å²) in [5, 5.41) is 8.50. The van der Waals surface area contributed by atoms with Gasteiger partial charge in [0.15, 0.2) is 6.29 Å². The van der Waals surface area contributed by atoms with E-state index in [2.05, 4.69) is 5.48 Å². The second-order valence-electron chi connectivity index (χ2n) is 3.15. The zero-order valence-corrected chi connectivity index (χ0v) is 7.77. The van der Waals surface area contributed by atoms with Crippen LogP contribution in [0.2, 0.25) is 0 Å². The molecular weight excluding hydrogens is 182 g/mol. The van der Waals surface area contributed by atoms with Crippen LogP contribution < -0.4 is 5.48 Å². The van der Waals surface area contributed by atoms with Crippen LogP contribution in [0.5, 0.6) is 0 Å². The second kappa shape index (κ2) is 4.52. The quantitative estimate of drug-likeness (QED) is 0.712. The fraction of sp³-hybridized carbons (Fsp3) is 0.400. The highest BCUT2D eigenvalue weighted by atomic mass is 16.7. The van der Waals surface area contributed by atoms with E-state index in [-0.39, 0.29) is 6.29 Å². The van der Waals surface area contributed by atoms with Crippen LogP contribution in [-0.4, -0.2) is 18.4 Å². The van der Waals surface area contributed by atoms with Crippen molar-refractivity contribution in [1.29, 1.82) is 0 Å². The molecular formula is C10H13NO3. The van der Waals surface area contributed by atoms with Crippen LogP contribution in [0.1, 0.15) is 17.4 Å². The van der Waals surface area contributed by atoms with Gasteiger partial charge in [0.05, 0.1) is 13.2 Å². The van der Waals surface area contributed by atoms with Crippen LogP contribution in [-0.2, 0) is 16.0 Å². The van der Waals surface area contributed by atoms with Crippen molar-refractivity contribution in [3.05, 3.63) is 35.4 Å². The highest BCUT2D eigenvalue weighted by Crippen LogP contribution is 2.23. The fourth-order valence-electron chi connectivity index (χ4n) is 1.43. The summed E-state index contributed by atoms with van der Waals surface area (Å²) >= 11 is 0. The van der Waals surface area contributed by atoms with E-state index in [0.29, 0.717) is 19.8 Å². The number of hydroxylamine groups is 1. The minimum Gasteiger partial charge on any atom is -0.346 e. The number of ether oxygens (including phenoxy) is 2. The number of benzene rings is 1. The van der Waals surface area contributed by atoms with E-state index in [1.54, 1.807) is 0 Å². The van der Waals surface area contributed by atoms with Gasteiger partial charge >= 0.3 is 0 Å². The first-order chi connectivity index (χ1) is 6.90. The van der Waals surface area contributed by atoms with Gasteiger partial charge in [-0.15, -0.1) is 0 Å². The molecule has 0 aliphatic carbocycles. The van der Waals surface area contributed by atoms with Crippen molar-refractivity contribution in [1.82, 2.24) is 5.48 Å². The Morgan fingerprint density at radius 3 is 2.43 bits per heavy atom. The molecule has 4 nitrogen and oxygen atoms in total. The SMILES string of the molecule is ONCc1ccc(C2OCCO2)cc1. The summed E-state index contributed by atoms with van der Waals surface area (Å²) in [6, 6.07) is 7.76. The molecule has 1 aromatic carbocycles. The van der Waals surface area contributed by atoms with E-state index < -0.39 is 0 Å². The molecule has 1 heterocycles. The van der Waals surface area contributed by atoms with Gasteiger partial charge in [-0.05, 0) is 5.56 Å². The van der Waals surface area contributed by atoms with Crippen molar-refractivity contribution in [2.75, 3.05) is 13.2 Å². The lowest BCUT2D eigenvalue weighted by atomic mass is 10.1. The molecule has 1 aromatic rings. The van der Waals surface area contributed by atoms with Gasteiger partial charge in [-0.2, -0.15) is 0 Å². The fourth-order valence-corrected chi connectivity index (χ4v) is 1.43. The molecule has 0 amide bonds. The third-order valence-electron chi connectivity index (χ3n) is 2.16. The summed E-state index contributed by atoms with van der Waals surface area (Å²) in [7, 11) is 0. The lowest BCUT2D eigenvalue weighted by molar-refractivity contribution is -0.0441. The molecule has 76 valence electrons. The first-order valence-electron chi connectivity index (χ1n) is 4.59. The molecule has 0 bridgehead atoms. The number of hydrogen-bond acceptors (Lipinski definition) is 4. The van der Waals surface area contributed by atoms with Crippen LogP contribution >= 0.6 is 0 Å². The molecule has 1 fully saturated rings. The highest BCUT2D eigenvalue weighted by molar-refractivity contribution is 5.23. The van der Waals surface area contributed by atoms with Crippen molar-refractivity contribution in [3.8, 4) is 0 Å². The summed E-state index contributed by atoms with van der Waals surface area (Å²) in [4.78, 5) is 0. The summed E-state index contributed by atoms with van der Waals surface area (Å²) in [6.07, 6.45) is -0.217. The first kappa shape index (κ1) is 9.61. The average Bonchev–Trinajstić information content (AvgIpc) is 2.72. The van der Waals surface area contributed by atoms with Gasteiger partial charge in [-0.1, -0.05) is 24.3 Å². The molecule has 2 rings (SSSR count). The smallest absolute Gasteiger partial charge is 0.184 e. The van der Waals surface area contributed by atoms with E-state index in [0.717, 1.165) is 11.1 Å². The maximum Gasteiger partial charge on any atom is 0.184 e. The van der Waals surface area contributed by atoms with Crippen LogP contribution in [0.15, 0.2) is 24.3 Å². The molecule has 0 unspecified atom stereocenters. The standard InChI is InChI=1S/C10H13NO3/c12-11-7-8-1-3-9(4-2-8)10-13-5-6-14-10/h1-4,10-12H,5-7H2. The number of nitrogens with one attached hydrogen (secondary N) is 1. The van der Waals surface area contributed by atoms with Crippen molar-refractivity contribution in [3.63, 3.8) is 0 Å². The lowest BCUT2D eigenvalue weighted by Crippen LogP contribution is -2.06. The average molecular weight is 195 g/mol. The molecule has 1 aliphatic rings. The minimum atomic E-state index is -0.217. The topological polar surface area (TPSA) is 50.7 Å². The van der Waals surface area contributed by atoms with Gasteiger partial charge in [-0.3, -0.25) is 0 Å². The van der Waals surface area contributed by atoms with Crippen molar-refractivity contribution in [2.45, 2.75) is 12.8 Å². The number of rotatable bonds is 3. The van der Waals surface area contributed by atoms with E-state index in [1.165, 1.54) is 0 Å². The van der Waals surface area contributed by atoms with Gasteiger partial charge in [0.25, 0.3) is 0 Å². The zero-order chi connectivity index (χ0) is 9.80. The van der Waals surface area contributed by atoms with Crippen LogP contribution in [0.3, 0.4) is 0 Å². The Kier molecular flexibility index (Phi) is 3.10. The normalized spacial score (nSPS) is 17.5. The van der Waals surface area contributed by atoms with Crippen molar-refractivity contribution >= 4 is 0 Å². The van der Waals surface area contributed by atoms with Crippen molar-refractivity contribution in [2.24, 2.45) is 0 Å². The maximum absolute atomic E-state index is 8.50. The van der Waals surface area contributed by atoms with E-state index >= 15 is 0 Å². The monoisotopic (exact) mass is 195 g/mol. The van der Waals surface area contributed by atoms with E-state index in [9.17, 15) is 0 Å². The summed E-state index contributed by atoms with van der Waals surface area (Å²) < 4.78 is 10.7.